The summed E-state index contributed by atoms with van der Waals surface area (Å²) in [7, 11) is -6.00. The van der Waals surface area contributed by atoms with Gasteiger partial charge >= 0.3 is 8.68 Å². The fourth-order valence-corrected chi connectivity index (χ4v) is 0. The summed E-state index contributed by atoms with van der Waals surface area (Å²) in [5.41, 5.74) is 0. The van der Waals surface area contributed by atoms with E-state index in [4.69, 9.17) is 0 Å². The van der Waals surface area contributed by atoms with Crippen molar-refractivity contribution in [2.75, 3.05) is 0 Å². The minimum atomic E-state index is -6.00. The van der Waals surface area contributed by atoms with Gasteiger partial charge in [-0.05, 0) is 0 Å². The molecule has 0 fully saturated rings. The SMILES string of the molecule is F[B-](F)(F)F.O.[Fe].[H+]. The normalized spacial score (nSPS) is 8.57. The zero-order valence-electron chi connectivity index (χ0n) is 3.94. The van der Waals surface area contributed by atoms with Crippen LogP contribution >= 0.6 is 0 Å². The number of halogens is 4. The number of hydrogen-bond donors (Lipinski definition) is 0. The molecule has 0 rings (SSSR count). The van der Waals surface area contributed by atoms with E-state index < -0.39 is 7.25 Å². The zero-order valence-corrected chi connectivity index (χ0v) is 4.05. The van der Waals surface area contributed by atoms with E-state index in [-0.39, 0.29) is 24.0 Å². The molecule has 0 aliphatic carbocycles. The van der Waals surface area contributed by atoms with Gasteiger partial charge < -0.3 is 22.7 Å². The van der Waals surface area contributed by atoms with E-state index in [2.05, 4.69) is 0 Å². The largest absolute Gasteiger partial charge is 1.00 e. The molecule has 0 atom stereocenters. The van der Waals surface area contributed by atoms with E-state index in [1.54, 1.807) is 0 Å². The molecule has 0 aromatic rings. The van der Waals surface area contributed by atoms with Gasteiger partial charge in [-0.25, -0.2) is 0 Å². The van der Waals surface area contributed by atoms with Crippen LogP contribution in [0.4, 0.5) is 17.3 Å². The molecule has 1 nitrogen and oxygen atoms in total. The van der Waals surface area contributed by atoms with Crippen LogP contribution in [0.25, 0.3) is 0 Å². The molecule has 7 heteroatoms. The average Bonchev–Trinajstić information content (AvgIpc) is 0.722. The summed E-state index contributed by atoms with van der Waals surface area (Å²) in [6.07, 6.45) is 0. The molecule has 0 aromatic heterocycles. The zero-order chi connectivity index (χ0) is 4.50. The third-order valence-corrected chi connectivity index (χ3v) is 0. The molecular weight excluding hydrogens is 159 g/mol. The van der Waals surface area contributed by atoms with Crippen molar-refractivity contribution in [1.29, 1.82) is 0 Å². The summed E-state index contributed by atoms with van der Waals surface area (Å²) in [6.45, 7) is 0. The Hall–Kier alpha value is 0.264. The molecule has 48 valence electrons. The van der Waals surface area contributed by atoms with Gasteiger partial charge in [-0.2, -0.15) is 0 Å². The second-order valence-electron chi connectivity index (χ2n) is 0.495. The molecule has 0 aliphatic heterocycles. The Kier molecular flexibility index (Phi) is 9.91. The fourth-order valence-electron chi connectivity index (χ4n) is 0. The van der Waals surface area contributed by atoms with Crippen molar-refractivity contribution >= 4 is 7.25 Å². The van der Waals surface area contributed by atoms with Gasteiger partial charge in [-0.15, -0.1) is 0 Å². The van der Waals surface area contributed by atoms with Gasteiger partial charge in [0.1, 0.15) is 0 Å². The van der Waals surface area contributed by atoms with Crippen LogP contribution in [0.3, 0.4) is 0 Å². The Bertz CT molecular complexity index is 31.5. The predicted molar refractivity (Wildman–Crippen MR) is 14.9 cm³/mol. The van der Waals surface area contributed by atoms with Gasteiger partial charge in [0.2, 0.25) is 0 Å². The van der Waals surface area contributed by atoms with Gasteiger partial charge in [-0.3, -0.25) is 0 Å². The van der Waals surface area contributed by atoms with E-state index in [0.717, 1.165) is 0 Å². The van der Waals surface area contributed by atoms with Crippen molar-refractivity contribution in [1.82, 2.24) is 0 Å². The maximum Gasteiger partial charge on any atom is 1.00 e. The average molecular weight is 162 g/mol. The Morgan fingerprint density at radius 3 is 1.00 bits per heavy atom. The van der Waals surface area contributed by atoms with E-state index in [0.29, 0.717) is 0 Å². The van der Waals surface area contributed by atoms with E-state index in [1.807, 2.05) is 0 Å². The summed E-state index contributed by atoms with van der Waals surface area (Å²) in [4.78, 5) is 0. The van der Waals surface area contributed by atoms with Crippen LogP contribution in [0, 0.1) is 0 Å². The number of hydrogen-bond acceptors (Lipinski definition) is 0. The molecule has 0 aromatic carbocycles. The first-order valence-corrected chi connectivity index (χ1v) is 0.873. The second-order valence-corrected chi connectivity index (χ2v) is 0.495. The van der Waals surface area contributed by atoms with Gasteiger partial charge in [0.15, 0.2) is 0 Å². The van der Waals surface area contributed by atoms with Gasteiger partial charge in [0.25, 0.3) is 0 Å². The summed E-state index contributed by atoms with van der Waals surface area (Å²) in [5, 5.41) is 0. The molecule has 0 saturated carbocycles. The first-order chi connectivity index (χ1) is 2.00. The van der Waals surface area contributed by atoms with Crippen LogP contribution in [0.2, 0.25) is 0 Å². The van der Waals surface area contributed by atoms with Crippen LogP contribution in [-0.4, -0.2) is 12.7 Å². The summed E-state index contributed by atoms with van der Waals surface area (Å²) in [5.74, 6) is 0. The first kappa shape index (κ1) is 15.7. The van der Waals surface area contributed by atoms with Crippen LogP contribution in [0.15, 0.2) is 0 Å². The second kappa shape index (κ2) is 4.42. The monoisotopic (exact) mass is 162 g/mol. The van der Waals surface area contributed by atoms with Crippen LogP contribution < -0.4 is 0 Å². The summed E-state index contributed by atoms with van der Waals surface area (Å²) in [6, 6.07) is 0. The minimum absolute atomic E-state index is 0. The summed E-state index contributed by atoms with van der Waals surface area (Å²) >= 11 is 0. The number of rotatable bonds is 0. The van der Waals surface area contributed by atoms with Crippen LogP contribution in [0.5, 0.6) is 0 Å². The van der Waals surface area contributed by atoms with Gasteiger partial charge in [-0.1, -0.05) is 0 Å². The molecule has 0 heterocycles. The molecule has 0 amide bonds. The van der Waals surface area contributed by atoms with Crippen molar-refractivity contribution in [3.63, 3.8) is 0 Å². The molecule has 2 N–H and O–H groups in total. The quantitative estimate of drug-likeness (QED) is 0.368. The first-order valence-electron chi connectivity index (χ1n) is 0.873. The van der Waals surface area contributed by atoms with E-state index in [1.165, 1.54) is 0 Å². The summed E-state index contributed by atoms with van der Waals surface area (Å²) < 4.78 is 39.0. The topological polar surface area (TPSA) is 31.5 Å². The minimum Gasteiger partial charge on any atom is -0.418 e. The Balaban J connectivity index is -0.0000000267. The molecular formula is H3BF4FeO. The van der Waals surface area contributed by atoms with E-state index in [9.17, 15) is 17.3 Å². The molecule has 0 spiro atoms. The van der Waals surface area contributed by atoms with E-state index >= 15 is 0 Å². The van der Waals surface area contributed by atoms with Crippen LogP contribution in [0.1, 0.15) is 1.43 Å². The smallest absolute Gasteiger partial charge is 0.418 e. The van der Waals surface area contributed by atoms with Crippen molar-refractivity contribution in [2.45, 2.75) is 0 Å². The van der Waals surface area contributed by atoms with Gasteiger partial charge in [0.05, 0.1) is 0 Å². The van der Waals surface area contributed by atoms with Crippen molar-refractivity contribution in [3.8, 4) is 0 Å². The Morgan fingerprint density at radius 1 is 1.00 bits per heavy atom. The van der Waals surface area contributed by atoms with Crippen LogP contribution in [-0.2, 0) is 17.1 Å². The standard InChI is InChI=1S/BF4.Fe.H2O/c2-1(3,4)5;;/h;;1H2/q-1;;/p+1. The Labute approximate surface area is 49.5 Å². The third-order valence-electron chi connectivity index (χ3n) is 0. The molecule has 7 heavy (non-hydrogen) atoms. The Morgan fingerprint density at radius 2 is 1.00 bits per heavy atom. The maximum atomic E-state index is 9.75. The maximum absolute atomic E-state index is 9.75. The van der Waals surface area contributed by atoms with Crippen molar-refractivity contribution in [3.05, 3.63) is 0 Å². The molecule has 0 bridgehead atoms. The van der Waals surface area contributed by atoms with Crippen molar-refractivity contribution < 1.29 is 41.2 Å². The molecule has 0 radical (unpaired) electrons. The fraction of sp³-hybridized carbons (Fsp3) is 0. The van der Waals surface area contributed by atoms with Gasteiger partial charge in [0, 0.05) is 17.1 Å². The third kappa shape index (κ3) is 1630. The molecule has 0 unspecified atom stereocenters. The van der Waals surface area contributed by atoms with Crippen molar-refractivity contribution in [2.24, 2.45) is 0 Å². The molecule has 0 aliphatic rings. The molecule has 0 saturated heterocycles. The predicted octanol–water partition coefficient (Wildman–Crippen LogP) is 0.585.